The van der Waals surface area contributed by atoms with Gasteiger partial charge in [0.1, 0.15) is 5.82 Å². The fraction of sp³-hybridized carbons (Fsp3) is 0.250. The van der Waals surface area contributed by atoms with Gasteiger partial charge >= 0.3 is 0 Å². The highest BCUT2D eigenvalue weighted by molar-refractivity contribution is 6.20. The molecule has 1 amide bonds. The van der Waals surface area contributed by atoms with Crippen LogP contribution in [0, 0.1) is 11.7 Å². The molecule has 24 heavy (non-hydrogen) atoms. The first kappa shape index (κ1) is 14.9. The second-order valence-corrected chi connectivity index (χ2v) is 6.44. The van der Waals surface area contributed by atoms with E-state index >= 15 is 0 Å². The predicted molar refractivity (Wildman–Crippen MR) is 91.3 cm³/mol. The Morgan fingerprint density at radius 1 is 1.17 bits per heavy atom. The molecule has 1 aliphatic heterocycles. The van der Waals surface area contributed by atoms with E-state index in [0.29, 0.717) is 11.5 Å². The zero-order valence-corrected chi connectivity index (χ0v) is 13.3. The largest absolute Gasteiger partial charge is 0.386 e. The summed E-state index contributed by atoms with van der Waals surface area (Å²) in [6.07, 6.45) is 3.90. The van der Waals surface area contributed by atoms with Crippen molar-refractivity contribution in [3.05, 3.63) is 77.2 Å². The Labute approximate surface area is 140 Å². The Morgan fingerprint density at radius 2 is 2.00 bits per heavy atom. The molecule has 1 fully saturated rings. The molecule has 4 rings (SSSR count). The van der Waals surface area contributed by atoms with Gasteiger partial charge in [0.05, 0.1) is 11.6 Å². The van der Waals surface area contributed by atoms with Gasteiger partial charge in [-0.05, 0) is 47.6 Å². The van der Waals surface area contributed by atoms with Gasteiger partial charge in [0.25, 0.3) is 5.91 Å². The van der Waals surface area contributed by atoms with Crippen LogP contribution in [0.15, 0.2) is 54.7 Å². The lowest BCUT2D eigenvalue weighted by Crippen LogP contribution is -2.32. The number of hydrogen-bond donors (Lipinski definition) is 2. The molecule has 1 aliphatic carbocycles. The molecule has 0 saturated heterocycles. The molecular weight excluding hydrogens is 303 g/mol. The zero-order valence-electron chi connectivity index (χ0n) is 13.3. The molecule has 2 aromatic rings. The van der Waals surface area contributed by atoms with Crippen LogP contribution in [0.4, 0.5) is 4.39 Å². The van der Waals surface area contributed by atoms with Crippen LogP contribution in [0.5, 0.6) is 0 Å². The molecule has 0 unspecified atom stereocenters. The van der Waals surface area contributed by atoms with Gasteiger partial charge in [0.15, 0.2) is 0 Å². The summed E-state index contributed by atoms with van der Waals surface area (Å²) in [7, 11) is 0. The fourth-order valence-electron chi connectivity index (χ4n) is 3.29. The van der Waals surface area contributed by atoms with Crippen LogP contribution in [0.2, 0.25) is 0 Å². The first-order valence-corrected chi connectivity index (χ1v) is 8.30. The third-order valence-electron chi connectivity index (χ3n) is 4.68. The van der Waals surface area contributed by atoms with E-state index in [4.69, 9.17) is 0 Å². The number of rotatable bonds is 4. The van der Waals surface area contributed by atoms with E-state index in [0.717, 1.165) is 36.1 Å². The fourth-order valence-corrected chi connectivity index (χ4v) is 3.29. The molecule has 2 aromatic carbocycles. The minimum atomic E-state index is -0.267. The Bertz CT molecular complexity index is 811. The van der Waals surface area contributed by atoms with Crippen LogP contribution in [-0.4, -0.2) is 5.91 Å². The lowest BCUT2D eigenvalue weighted by atomic mass is 9.96. The van der Waals surface area contributed by atoms with Crippen molar-refractivity contribution in [1.82, 2.24) is 10.6 Å². The summed E-state index contributed by atoms with van der Waals surface area (Å²) in [5, 5.41) is 6.28. The van der Waals surface area contributed by atoms with Crippen molar-refractivity contribution >= 4 is 11.5 Å². The zero-order chi connectivity index (χ0) is 16.5. The molecule has 0 bridgehead atoms. The van der Waals surface area contributed by atoms with Crippen molar-refractivity contribution in [1.29, 1.82) is 0 Å². The molecule has 1 saturated carbocycles. The summed E-state index contributed by atoms with van der Waals surface area (Å²) >= 11 is 0. The second kappa shape index (κ2) is 6.11. The van der Waals surface area contributed by atoms with Crippen LogP contribution >= 0.6 is 0 Å². The van der Waals surface area contributed by atoms with Crippen molar-refractivity contribution in [2.45, 2.75) is 25.4 Å². The third kappa shape index (κ3) is 2.92. The summed E-state index contributed by atoms with van der Waals surface area (Å²) in [4.78, 5) is 12.8. The van der Waals surface area contributed by atoms with Gasteiger partial charge in [-0.3, -0.25) is 4.79 Å². The molecule has 122 valence electrons. The monoisotopic (exact) mass is 322 g/mol. The molecule has 0 radical (unpaired) electrons. The summed E-state index contributed by atoms with van der Waals surface area (Å²) < 4.78 is 13.6. The number of carbonyl (C=O) groups excluding carboxylic acids is 1. The summed E-state index contributed by atoms with van der Waals surface area (Å²) in [5.41, 5.74) is 3.55. The second-order valence-electron chi connectivity index (χ2n) is 6.44. The number of hydrogen-bond acceptors (Lipinski definition) is 2. The molecule has 3 nitrogen and oxygen atoms in total. The van der Waals surface area contributed by atoms with E-state index in [1.165, 1.54) is 12.1 Å². The van der Waals surface area contributed by atoms with E-state index in [1.54, 1.807) is 12.3 Å². The van der Waals surface area contributed by atoms with E-state index in [9.17, 15) is 9.18 Å². The molecule has 1 atom stereocenters. The summed E-state index contributed by atoms with van der Waals surface area (Å²) in [6, 6.07) is 14.3. The van der Waals surface area contributed by atoms with Crippen molar-refractivity contribution in [2.24, 2.45) is 5.92 Å². The molecule has 1 heterocycles. The van der Waals surface area contributed by atoms with Crippen LogP contribution in [-0.2, 0) is 11.3 Å². The SMILES string of the molecule is O=C(N[C@@H](c1cccc(F)c1)C1CC1)C1=CNCc2ccccc21. The molecule has 2 N–H and O–H groups in total. The number of halogens is 1. The van der Waals surface area contributed by atoms with Crippen LogP contribution < -0.4 is 10.6 Å². The first-order valence-electron chi connectivity index (χ1n) is 8.30. The van der Waals surface area contributed by atoms with Crippen LogP contribution in [0.3, 0.4) is 0 Å². The minimum Gasteiger partial charge on any atom is -0.386 e. The highest BCUT2D eigenvalue weighted by Gasteiger charge is 2.34. The Hall–Kier alpha value is -2.62. The minimum absolute atomic E-state index is 0.115. The van der Waals surface area contributed by atoms with Gasteiger partial charge in [-0.2, -0.15) is 0 Å². The van der Waals surface area contributed by atoms with Crippen molar-refractivity contribution in [3.63, 3.8) is 0 Å². The number of amides is 1. The maximum absolute atomic E-state index is 13.6. The standard InChI is InChI=1S/C20H19FN2O/c21-16-6-3-5-14(10-16)19(13-8-9-13)23-20(24)18-12-22-11-15-4-1-2-7-17(15)18/h1-7,10,12-13,19,22H,8-9,11H2,(H,23,24)/t19-/m1/s1. The van der Waals surface area contributed by atoms with Gasteiger partial charge in [0, 0.05) is 12.7 Å². The maximum Gasteiger partial charge on any atom is 0.253 e. The van der Waals surface area contributed by atoms with Crippen molar-refractivity contribution in [2.75, 3.05) is 0 Å². The van der Waals surface area contributed by atoms with Gasteiger partial charge in [-0.25, -0.2) is 4.39 Å². The Kier molecular flexibility index (Phi) is 3.81. The van der Waals surface area contributed by atoms with E-state index in [1.807, 2.05) is 30.3 Å². The first-order chi connectivity index (χ1) is 11.7. The summed E-state index contributed by atoms with van der Waals surface area (Å²) in [5.74, 6) is 0.00949. The van der Waals surface area contributed by atoms with Gasteiger partial charge in [-0.15, -0.1) is 0 Å². The molecule has 0 aromatic heterocycles. The number of fused-ring (bicyclic) bond motifs is 1. The van der Waals surface area contributed by atoms with Gasteiger partial charge < -0.3 is 10.6 Å². The predicted octanol–water partition coefficient (Wildman–Crippen LogP) is 3.54. The molecule has 0 spiro atoms. The Morgan fingerprint density at radius 3 is 2.79 bits per heavy atom. The lowest BCUT2D eigenvalue weighted by molar-refractivity contribution is -0.116. The number of benzene rings is 2. The molecule has 2 aliphatic rings. The quantitative estimate of drug-likeness (QED) is 0.904. The highest BCUT2D eigenvalue weighted by atomic mass is 19.1. The topological polar surface area (TPSA) is 41.1 Å². The normalized spacial score (nSPS) is 17.3. The molecule has 4 heteroatoms. The van der Waals surface area contributed by atoms with E-state index in [-0.39, 0.29) is 17.8 Å². The third-order valence-corrected chi connectivity index (χ3v) is 4.68. The average molecular weight is 322 g/mol. The average Bonchev–Trinajstić information content (AvgIpc) is 3.44. The lowest BCUT2D eigenvalue weighted by Gasteiger charge is -2.23. The number of carbonyl (C=O) groups is 1. The van der Waals surface area contributed by atoms with E-state index in [2.05, 4.69) is 10.6 Å². The summed E-state index contributed by atoms with van der Waals surface area (Å²) in [6.45, 7) is 0.725. The van der Waals surface area contributed by atoms with Crippen LogP contribution in [0.25, 0.3) is 5.57 Å². The smallest absolute Gasteiger partial charge is 0.253 e. The van der Waals surface area contributed by atoms with Crippen LogP contribution in [0.1, 0.15) is 35.6 Å². The van der Waals surface area contributed by atoms with Crippen molar-refractivity contribution in [3.8, 4) is 0 Å². The van der Waals surface area contributed by atoms with Gasteiger partial charge in [-0.1, -0.05) is 36.4 Å². The highest BCUT2D eigenvalue weighted by Crippen LogP contribution is 2.41. The maximum atomic E-state index is 13.6. The van der Waals surface area contributed by atoms with Crippen molar-refractivity contribution < 1.29 is 9.18 Å². The van der Waals surface area contributed by atoms with E-state index < -0.39 is 0 Å². The molecular formula is C20H19FN2O. The van der Waals surface area contributed by atoms with Gasteiger partial charge in [0.2, 0.25) is 0 Å². The Balaban J connectivity index is 1.59. The number of nitrogens with one attached hydrogen (secondary N) is 2.